The summed E-state index contributed by atoms with van der Waals surface area (Å²) >= 11 is 0. The number of benzene rings is 1. The third-order valence-corrected chi connectivity index (χ3v) is 2.42. The fourth-order valence-corrected chi connectivity index (χ4v) is 1.56. The molecule has 1 heterocycles. The van der Waals surface area contributed by atoms with Gasteiger partial charge < -0.3 is 4.74 Å². The number of rotatable bonds is 5. The average molecular weight is 270 g/mol. The number of hydrogen-bond donors (Lipinski definition) is 0. The second-order valence-electron chi connectivity index (χ2n) is 3.91. The first-order valence-corrected chi connectivity index (χ1v) is 6.05. The number of nitrogens with zero attached hydrogens (tertiary/aromatic N) is 2. The van der Waals surface area contributed by atoms with Gasteiger partial charge in [-0.05, 0) is 12.5 Å². The van der Waals surface area contributed by atoms with E-state index in [1.807, 2.05) is 0 Å². The summed E-state index contributed by atoms with van der Waals surface area (Å²) in [6.45, 7) is -11.7. The first-order valence-electron chi connectivity index (χ1n) is 10.0. The second-order valence-corrected chi connectivity index (χ2v) is 3.91. The molecule has 1 saturated heterocycles. The Balaban J connectivity index is 2.50. The van der Waals surface area contributed by atoms with E-state index in [0.29, 0.717) is 10.5 Å². The van der Waals surface area contributed by atoms with Crippen molar-refractivity contribution in [3.63, 3.8) is 0 Å². The number of hydrogen-bond acceptors (Lipinski definition) is 4. The highest BCUT2D eigenvalue weighted by molar-refractivity contribution is 5.71. The van der Waals surface area contributed by atoms with Crippen molar-refractivity contribution >= 4 is 5.97 Å². The van der Waals surface area contributed by atoms with Gasteiger partial charge in [0.15, 0.2) is 0 Å². The van der Waals surface area contributed by atoms with Crippen LogP contribution in [0.2, 0.25) is 0 Å². The zero-order chi connectivity index (χ0) is 20.7. The van der Waals surface area contributed by atoms with Crippen LogP contribution >= 0.6 is 0 Å². The van der Waals surface area contributed by atoms with Crippen LogP contribution in [0.15, 0.2) is 30.3 Å². The van der Waals surface area contributed by atoms with E-state index < -0.39 is 38.5 Å². The van der Waals surface area contributed by atoms with E-state index in [1.54, 1.807) is 30.3 Å². The van der Waals surface area contributed by atoms with E-state index >= 15 is 0 Å². The predicted octanol–water partition coefficient (Wildman–Crippen LogP) is 1.37. The van der Waals surface area contributed by atoms with E-state index in [0.717, 1.165) is 0 Å². The van der Waals surface area contributed by atoms with Gasteiger partial charge in [0, 0.05) is 43.5 Å². The lowest BCUT2D eigenvalue weighted by Gasteiger charge is -2.34. The fourth-order valence-electron chi connectivity index (χ4n) is 1.56. The van der Waals surface area contributed by atoms with Crippen LogP contribution in [-0.4, -0.2) is 54.9 Å². The van der Waals surface area contributed by atoms with Gasteiger partial charge >= 0.3 is 5.97 Å². The molecule has 1 aromatic carbocycles. The van der Waals surface area contributed by atoms with Crippen LogP contribution in [0, 0.1) is 0 Å². The molecule has 0 spiro atoms. The Bertz CT molecular complexity index is 656. The van der Waals surface area contributed by atoms with Crippen molar-refractivity contribution in [1.29, 1.82) is 0 Å². The van der Waals surface area contributed by atoms with Crippen LogP contribution in [0.5, 0.6) is 0 Å². The zero-order valence-electron chi connectivity index (χ0n) is 18.7. The molecular weight excluding hydrogens is 240 g/mol. The van der Waals surface area contributed by atoms with E-state index in [4.69, 9.17) is 15.7 Å². The number of esters is 1. The highest BCUT2D eigenvalue weighted by Gasteiger charge is 2.19. The quantitative estimate of drug-likeness (QED) is 0.757. The smallest absolute Gasteiger partial charge is 0.320 e. The van der Waals surface area contributed by atoms with Crippen LogP contribution in [0.4, 0.5) is 0 Å². The summed E-state index contributed by atoms with van der Waals surface area (Å²) in [7, 11) is 0. The normalized spacial score (nSPS) is 34.2. The van der Waals surface area contributed by atoms with Gasteiger partial charge in [-0.15, -0.1) is 0 Å². The summed E-state index contributed by atoms with van der Waals surface area (Å²) in [6.07, 6.45) is 0. The standard InChI is InChI=1S/C15H22N2O2/c1-2-19-15(18)13-17-10-8-16(9-11-17)12-14-6-4-3-5-7-14/h3-7H,2,8-13H2,1H3/i8D2,9D2,10D2,11D2. The van der Waals surface area contributed by atoms with E-state index in [9.17, 15) is 4.79 Å². The molecule has 0 aliphatic carbocycles. The molecule has 1 aliphatic rings. The molecule has 0 radical (unpaired) electrons. The monoisotopic (exact) mass is 270 g/mol. The van der Waals surface area contributed by atoms with E-state index in [2.05, 4.69) is 0 Å². The fraction of sp³-hybridized carbons (Fsp3) is 0.533. The molecule has 0 saturated carbocycles. The molecule has 0 aromatic heterocycles. The Morgan fingerprint density at radius 2 is 1.84 bits per heavy atom. The van der Waals surface area contributed by atoms with Crippen molar-refractivity contribution in [3.05, 3.63) is 35.9 Å². The van der Waals surface area contributed by atoms with Gasteiger partial charge in [-0.1, -0.05) is 30.3 Å². The number of carbonyl (C=O) groups excluding carboxylic acids is 1. The summed E-state index contributed by atoms with van der Waals surface area (Å²) in [5.74, 6) is -0.964. The van der Waals surface area contributed by atoms with Gasteiger partial charge in [-0.3, -0.25) is 14.6 Å². The Kier molecular flexibility index (Phi) is 2.62. The summed E-state index contributed by atoms with van der Waals surface area (Å²) in [5.41, 5.74) is 0.496. The Morgan fingerprint density at radius 3 is 2.47 bits per heavy atom. The van der Waals surface area contributed by atoms with Crippen LogP contribution in [-0.2, 0) is 16.1 Å². The third-order valence-electron chi connectivity index (χ3n) is 2.42. The molecule has 104 valence electrons. The summed E-state index contributed by atoms with van der Waals surface area (Å²) in [5, 5.41) is 0. The third kappa shape index (κ3) is 4.65. The maximum atomic E-state index is 11.8. The molecule has 0 atom stereocenters. The molecule has 2 rings (SSSR count). The van der Waals surface area contributed by atoms with Gasteiger partial charge in [-0.2, -0.15) is 0 Å². The van der Waals surface area contributed by atoms with E-state index in [-0.39, 0.29) is 18.1 Å². The molecule has 4 heteroatoms. The zero-order valence-corrected chi connectivity index (χ0v) is 10.7. The Hall–Kier alpha value is -1.39. The minimum atomic E-state index is -3.01. The van der Waals surface area contributed by atoms with Crippen LogP contribution in [0.3, 0.4) is 0 Å². The topological polar surface area (TPSA) is 32.8 Å². The molecule has 19 heavy (non-hydrogen) atoms. The minimum Gasteiger partial charge on any atom is -0.465 e. The molecule has 1 aliphatic heterocycles. The van der Waals surface area contributed by atoms with Gasteiger partial charge in [0.1, 0.15) is 0 Å². The van der Waals surface area contributed by atoms with Crippen molar-refractivity contribution in [1.82, 2.24) is 9.80 Å². The summed E-state index contributed by atoms with van der Waals surface area (Å²) in [4.78, 5) is 12.6. The number of ether oxygens (including phenoxy) is 1. The lowest BCUT2D eigenvalue weighted by molar-refractivity contribution is -0.144. The van der Waals surface area contributed by atoms with Crippen molar-refractivity contribution in [2.75, 3.05) is 39.1 Å². The predicted molar refractivity (Wildman–Crippen MR) is 74.8 cm³/mol. The summed E-state index contributed by atoms with van der Waals surface area (Å²) in [6, 6.07) is 8.29. The molecule has 0 bridgehead atoms. The van der Waals surface area contributed by atoms with Crippen LogP contribution in [0.1, 0.15) is 23.5 Å². The second kappa shape index (κ2) is 7.26. The lowest BCUT2D eigenvalue weighted by atomic mass is 10.2. The molecule has 0 N–H and O–H groups in total. The highest BCUT2D eigenvalue weighted by Crippen LogP contribution is 2.08. The van der Waals surface area contributed by atoms with Crippen LogP contribution < -0.4 is 0 Å². The Labute approximate surface area is 126 Å². The van der Waals surface area contributed by atoms with Crippen molar-refractivity contribution < 1.29 is 20.5 Å². The molecule has 1 fully saturated rings. The molecule has 0 unspecified atom stereocenters. The van der Waals surface area contributed by atoms with Crippen LogP contribution in [0.25, 0.3) is 0 Å². The SMILES string of the molecule is [2H]C1([2H])N(CC(=O)OCC)C([2H])([2H])C([2H])([2H])N(Cc2ccccc2)C1([2H])[2H]. The largest absolute Gasteiger partial charge is 0.465 e. The molecule has 1 aromatic rings. The van der Waals surface area contributed by atoms with Gasteiger partial charge in [-0.25, -0.2) is 0 Å². The first kappa shape index (κ1) is 6.86. The summed E-state index contributed by atoms with van der Waals surface area (Å²) < 4.78 is 70.6. The maximum Gasteiger partial charge on any atom is 0.320 e. The highest BCUT2D eigenvalue weighted by atomic mass is 16.5. The van der Waals surface area contributed by atoms with Gasteiger partial charge in [0.05, 0.1) is 13.2 Å². The number of piperazine rings is 1. The van der Waals surface area contributed by atoms with E-state index in [1.165, 1.54) is 6.92 Å². The molecule has 4 nitrogen and oxygen atoms in total. The van der Waals surface area contributed by atoms with Crippen molar-refractivity contribution in [2.24, 2.45) is 0 Å². The lowest BCUT2D eigenvalue weighted by Crippen LogP contribution is -2.47. The first-order chi connectivity index (χ1) is 12.3. The minimum absolute atomic E-state index is 0.0153. The maximum absolute atomic E-state index is 11.8. The van der Waals surface area contributed by atoms with Gasteiger partial charge in [0.2, 0.25) is 0 Å². The number of carbonyl (C=O) groups is 1. The van der Waals surface area contributed by atoms with Gasteiger partial charge in [0.25, 0.3) is 0 Å². The molecule has 0 amide bonds. The average Bonchev–Trinajstić information content (AvgIpc) is 2.57. The molecular formula is C15H22N2O2. The van der Waals surface area contributed by atoms with Crippen molar-refractivity contribution in [3.8, 4) is 0 Å². The van der Waals surface area contributed by atoms with Crippen molar-refractivity contribution in [2.45, 2.75) is 13.5 Å². The Morgan fingerprint density at radius 1 is 1.21 bits per heavy atom.